The van der Waals surface area contributed by atoms with E-state index in [-0.39, 0.29) is 10.6 Å². The van der Waals surface area contributed by atoms with Crippen molar-refractivity contribution in [3.63, 3.8) is 0 Å². The van der Waals surface area contributed by atoms with E-state index in [1.54, 1.807) is 42.5 Å². The van der Waals surface area contributed by atoms with Crippen molar-refractivity contribution in [2.75, 3.05) is 10.8 Å². The molecule has 2 heterocycles. The fourth-order valence-corrected chi connectivity index (χ4v) is 5.89. The molecule has 0 atom stereocenters. The zero-order chi connectivity index (χ0) is 24.6. The molecule has 0 fully saturated rings. The fourth-order valence-electron chi connectivity index (χ4n) is 3.80. The van der Waals surface area contributed by atoms with E-state index in [0.717, 1.165) is 14.3 Å². The molecule has 0 radical (unpaired) electrons. The summed E-state index contributed by atoms with van der Waals surface area (Å²) >= 11 is 9.53. The van der Waals surface area contributed by atoms with Gasteiger partial charge in [0.2, 0.25) is 0 Å². The van der Waals surface area contributed by atoms with Gasteiger partial charge in [-0.25, -0.2) is 13.8 Å². The minimum Gasteiger partial charge on any atom is -0.275 e. The van der Waals surface area contributed by atoms with Crippen LogP contribution in [-0.4, -0.2) is 37.3 Å². The number of carbonyl (C=O) groups excluding carboxylic acids is 1. The number of hydrazone groups is 1. The third-order valence-electron chi connectivity index (χ3n) is 5.37. The molecule has 0 unspecified atom stereocenters. The zero-order valence-corrected chi connectivity index (χ0v) is 21.1. The summed E-state index contributed by atoms with van der Waals surface area (Å²) in [5.74, 6) is -0.606. The number of benzene rings is 3. The second-order valence-electron chi connectivity index (χ2n) is 7.66. The molecule has 1 aliphatic heterocycles. The van der Waals surface area contributed by atoms with Crippen LogP contribution in [0.5, 0.6) is 0 Å². The topological polar surface area (TPSA) is 108 Å². The Labute approximate surface area is 214 Å². The number of nitrogens with one attached hydrogen (secondary N) is 2. The van der Waals surface area contributed by atoms with Gasteiger partial charge in [-0.2, -0.15) is 10.2 Å². The van der Waals surface area contributed by atoms with Gasteiger partial charge in [0.05, 0.1) is 16.8 Å². The molecule has 4 aromatic rings. The Hall–Kier alpha value is -3.47. The van der Waals surface area contributed by atoms with Gasteiger partial charge in [-0.3, -0.25) is 14.2 Å². The van der Waals surface area contributed by atoms with Crippen LogP contribution in [0.3, 0.4) is 0 Å². The summed E-state index contributed by atoms with van der Waals surface area (Å²) < 4.78 is 29.2. The monoisotopic (exact) mass is 569 g/mol. The first-order valence-electron chi connectivity index (χ1n) is 10.4. The summed E-state index contributed by atoms with van der Waals surface area (Å²) in [5, 5.41) is 11.8. The average molecular weight is 571 g/mol. The van der Waals surface area contributed by atoms with Crippen LogP contribution in [0.25, 0.3) is 22.5 Å². The number of anilines is 1. The molecule has 0 saturated heterocycles. The average Bonchev–Trinajstić information content (AvgIpc) is 3.28. The fraction of sp³-hybridized carbons (Fsp3) is 0.0417. The minimum atomic E-state index is -4.06. The number of fused-ring (bicyclic) bond motifs is 3. The summed E-state index contributed by atoms with van der Waals surface area (Å²) in [6.45, 7) is -0.492. The van der Waals surface area contributed by atoms with Crippen molar-refractivity contribution in [2.45, 2.75) is 4.90 Å². The van der Waals surface area contributed by atoms with E-state index >= 15 is 0 Å². The first-order valence-corrected chi connectivity index (χ1v) is 13.0. The SMILES string of the molecule is O=C(CN1c2c(-c3cccc(Cl)c3)n[nH]c2-c2ccccc2S1(=O)=O)N/N=C/c1ccc(Br)cc1. The first kappa shape index (κ1) is 23.3. The quantitative estimate of drug-likeness (QED) is 0.265. The van der Waals surface area contributed by atoms with Gasteiger partial charge < -0.3 is 0 Å². The highest BCUT2D eigenvalue weighted by Crippen LogP contribution is 2.46. The van der Waals surface area contributed by atoms with Gasteiger partial charge >= 0.3 is 0 Å². The van der Waals surface area contributed by atoms with Crippen LogP contribution in [0.4, 0.5) is 5.69 Å². The van der Waals surface area contributed by atoms with E-state index < -0.39 is 22.5 Å². The highest BCUT2D eigenvalue weighted by Gasteiger charge is 2.39. The van der Waals surface area contributed by atoms with Gasteiger partial charge in [0.25, 0.3) is 15.9 Å². The largest absolute Gasteiger partial charge is 0.275 e. The van der Waals surface area contributed by atoms with Gasteiger partial charge in [-0.1, -0.05) is 70.0 Å². The Kier molecular flexibility index (Phi) is 6.18. The molecule has 176 valence electrons. The highest BCUT2D eigenvalue weighted by molar-refractivity contribution is 9.10. The normalized spacial score (nSPS) is 13.9. The van der Waals surface area contributed by atoms with E-state index in [4.69, 9.17) is 11.6 Å². The van der Waals surface area contributed by atoms with E-state index in [2.05, 4.69) is 36.7 Å². The van der Waals surface area contributed by atoms with Crippen molar-refractivity contribution < 1.29 is 13.2 Å². The maximum Gasteiger partial charge on any atom is 0.265 e. The van der Waals surface area contributed by atoms with Crippen LogP contribution in [0.15, 0.2) is 87.3 Å². The van der Waals surface area contributed by atoms with Crippen LogP contribution in [0, 0.1) is 0 Å². The number of amides is 1. The predicted molar refractivity (Wildman–Crippen MR) is 139 cm³/mol. The lowest BCUT2D eigenvalue weighted by Gasteiger charge is -2.29. The lowest BCUT2D eigenvalue weighted by Crippen LogP contribution is -2.41. The molecule has 11 heteroatoms. The molecule has 0 bridgehead atoms. The van der Waals surface area contributed by atoms with E-state index in [1.165, 1.54) is 12.3 Å². The van der Waals surface area contributed by atoms with Crippen LogP contribution >= 0.6 is 27.5 Å². The van der Waals surface area contributed by atoms with Gasteiger partial charge in [-0.15, -0.1) is 0 Å². The lowest BCUT2D eigenvalue weighted by atomic mass is 10.1. The van der Waals surface area contributed by atoms with E-state index in [0.29, 0.717) is 27.5 Å². The van der Waals surface area contributed by atoms with Crippen LogP contribution in [0.1, 0.15) is 5.56 Å². The van der Waals surface area contributed by atoms with Crippen LogP contribution in [0.2, 0.25) is 5.02 Å². The molecule has 0 spiro atoms. The summed E-state index contributed by atoms with van der Waals surface area (Å²) in [4.78, 5) is 12.9. The molecule has 1 aromatic heterocycles. The molecule has 1 aliphatic rings. The molecule has 1 amide bonds. The zero-order valence-electron chi connectivity index (χ0n) is 17.9. The van der Waals surface area contributed by atoms with Crippen molar-refractivity contribution in [1.29, 1.82) is 0 Å². The highest BCUT2D eigenvalue weighted by atomic mass is 79.9. The smallest absolute Gasteiger partial charge is 0.265 e. The number of sulfonamides is 1. The number of carbonyl (C=O) groups is 1. The summed E-state index contributed by atoms with van der Waals surface area (Å²) in [7, 11) is -4.06. The minimum absolute atomic E-state index is 0.0833. The standard InChI is InChI=1S/C24H17BrClN5O3S/c25-17-10-8-15(9-11-17)13-27-28-21(32)14-31-24-22(16-4-3-5-18(26)12-16)29-30-23(24)19-6-1-2-7-20(19)35(31,33)34/h1-13H,14H2,(H,28,32)(H,29,30)/b27-13+. The number of hydrogen-bond donors (Lipinski definition) is 2. The third-order valence-corrected chi connectivity index (χ3v) is 7.94. The van der Waals surface area contributed by atoms with E-state index in [9.17, 15) is 13.2 Å². The van der Waals surface area contributed by atoms with Crippen molar-refractivity contribution in [2.24, 2.45) is 5.10 Å². The van der Waals surface area contributed by atoms with Gasteiger partial charge in [0.1, 0.15) is 17.9 Å². The molecular formula is C24H17BrClN5O3S. The number of aromatic nitrogens is 2. The van der Waals surface area contributed by atoms with E-state index in [1.807, 2.05) is 24.3 Å². The molecule has 3 aromatic carbocycles. The van der Waals surface area contributed by atoms with Crippen LogP contribution in [-0.2, 0) is 14.8 Å². The number of halogens is 2. The van der Waals surface area contributed by atoms with Gasteiger partial charge in [0.15, 0.2) is 0 Å². The Balaban J connectivity index is 1.51. The summed E-state index contributed by atoms with van der Waals surface area (Å²) in [6.07, 6.45) is 1.48. The molecule has 5 rings (SSSR count). The van der Waals surface area contributed by atoms with Crippen molar-refractivity contribution >= 4 is 55.4 Å². The van der Waals surface area contributed by atoms with Crippen molar-refractivity contribution in [1.82, 2.24) is 15.6 Å². The molecule has 8 nitrogen and oxygen atoms in total. The maximum absolute atomic E-state index is 13.6. The van der Waals surface area contributed by atoms with Crippen molar-refractivity contribution in [3.8, 4) is 22.5 Å². The Morgan fingerprint density at radius 2 is 1.89 bits per heavy atom. The van der Waals surface area contributed by atoms with Gasteiger partial charge in [-0.05, 0) is 35.9 Å². The number of H-pyrrole nitrogens is 1. The molecular weight excluding hydrogens is 554 g/mol. The molecule has 35 heavy (non-hydrogen) atoms. The Bertz CT molecular complexity index is 1570. The van der Waals surface area contributed by atoms with Crippen molar-refractivity contribution in [3.05, 3.63) is 87.9 Å². The second-order valence-corrected chi connectivity index (χ2v) is 10.8. The number of aromatic amines is 1. The molecule has 0 saturated carbocycles. The lowest BCUT2D eigenvalue weighted by molar-refractivity contribution is -0.119. The Morgan fingerprint density at radius 1 is 1.11 bits per heavy atom. The predicted octanol–water partition coefficient (Wildman–Crippen LogP) is 4.82. The maximum atomic E-state index is 13.6. The second kappa shape index (κ2) is 9.29. The number of nitrogens with zero attached hydrogens (tertiary/aromatic N) is 3. The Morgan fingerprint density at radius 3 is 2.66 bits per heavy atom. The number of rotatable bonds is 5. The third kappa shape index (κ3) is 4.47. The van der Waals surface area contributed by atoms with Crippen LogP contribution < -0.4 is 9.73 Å². The summed E-state index contributed by atoms with van der Waals surface area (Å²) in [5.41, 5.74) is 5.41. The molecule has 2 N–H and O–H groups in total. The van der Waals surface area contributed by atoms with Gasteiger partial charge in [0, 0.05) is 20.6 Å². The molecule has 0 aliphatic carbocycles. The first-order chi connectivity index (χ1) is 16.8. The number of hydrogen-bond acceptors (Lipinski definition) is 5. The summed E-state index contributed by atoms with van der Waals surface area (Å²) in [6, 6.07) is 20.8.